The molecule has 0 bridgehead atoms. The van der Waals surface area contributed by atoms with Crippen LogP contribution in [0.25, 0.3) is 0 Å². The highest BCUT2D eigenvalue weighted by atomic mass is 16.5. The molecule has 0 spiro atoms. The average Bonchev–Trinajstić information content (AvgIpc) is 2.69. The molecule has 1 aliphatic heterocycles. The third-order valence-electron chi connectivity index (χ3n) is 4.69. The summed E-state index contributed by atoms with van der Waals surface area (Å²) in [6.07, 6.45) is 0. The van der Waals surface area contributed by atoms with Gasteiger partial charge in [-0.25, -0.2) is 0 Å². The lowest BCUT2D eigenvalue weighted by molar-refractivity contribution is -0.122. The number of ketones is 1. The maximum Gasteiger partial charge on any atom is 0.241 e. The number of hydrogen-bond donors (Lipinski definition) is 1. The molecule has 1 heterocycles. The maximum atomic E-state index is 12.9. The van der Waals surface area contributed by atoms with Crippen molar-refractivity contribution >= 4 is 17.4 Å². The second-order valence-electron chi connectivity index (χ2n) is 6.56. The topological polar surface area (TPSA) is 58.6 Å². The quantitative estimate of drug-likeness (QED) is 0.841. The number of carbonyl (C=O) groups is 2. The summed E-state index contributed by atoms with van der Waals surface area (Å²) in [6.45, 7) is 6.56. The van der Waals surface area contributed by atoms with Crippen LogP contribution in [0.5, 0.6) is 0 Å². The van der Waals surface area contributed by atoms with Crippen LogP contribution < -0.4 is 5.32 Å². The van der Waals surface area contributed by atoms with Crippen molar-refractivity contribution in [2.75, 3.05) is 31.6 Å². The van der Waals surface area contributed by atoms with Gasteiger partial charge >= 0.3 is 0 Å². The van der Waals surface area contributed by atoms with Crippen molar-refractivity contribution in [1.29, 1.82) is 0 Å². The Balaban J connectivity index is 1.81. The van der Waals surface area contributed by atoms with E-state index >= 15 is 0 Å². The monoisotopic (exact) mass is 352 g/mol. The van der Waals surface area contributed by atoms with E-state index in [9.17, 15) is 9.59 Å². The molecule has 1 fully saturated rings. The fraction of sp³-hybridized carbons (Fsp3) is 0.333. The largest absolute Gasteiger partial charge is 0.379 e. The number of anilines is 1. The van der Waals surface area contributed by atoms with Gasteiger partial charge in [0, 0.05) is 24.2 Å². The molecule has 3 rings (SSSR count). The second kappa shape index (κ2) is 8.25. The van der Waals surface area contributed by atoms with Gasteiger partial charge < -0.3 is 10.1 Å². The predicted molar refractivity (Wildman–Crippen MR) is 102 cm³/mol. The molecule has 5 heteroatoms. The van der Waals surface area contributed by atoms with Gasteiger partial charge in [0.15, 0.2) is 5.78 Å². The summed E-state index contributed by atoms with van der Waals surface area (Å²) < 4.78 is 5.34. The number of morpholine rings is 1. The zero-order valence-corrected chi connectivity index (χ0v) is 15.2. The van der Waals surface area contributed by atoms with Crippen LogP contribution in [0.4, 0.5) is 5.69 Å². The first kappa shape index (κ1) is 18.3. The van der Waals surface area contributed by atoms with E-state index in [0.29, 0.717) is 30.0 Å². The van der Waals surface area contributed by atoms with Crippen molar-refractivity contribution in [1.82, 2.24) is 4.90 Å². The van der Waals surface area contributed by atoms with Gasteiger partial charge in [-0.1, -0.05) is 42.0 Å². The molecule has 0 saturated carbocycles. The number of carbonyl (C=O) groups excluding carboxylic acids is 2. The van der Waals surface area contributed by atoms with Gasteiger partial charge in [-0.15, -0.1) is 0 Å². The Hall–Kier alpha value is -2.50. The lowest BCUT2D eigenvalue weighted by Gasteiger charge is -2.31. The van der Waals surface area contributed by atoms with Gasteiger partial charge in [0.1, 0.15) is 0 Å². The third kappa shape index (κ3) is 4.18. The summed E-state index contributed by atoms with van der Waals surface area (Å²) in [7, 11) is 0. The first-order valence-electron chi connectivity index (χ1n) is 8.89. The molecule has 0 unspecified atom stereocenters. The van der Waals surface area contributed by atoms with Gasteiger partial charge in [-0.05, 0) is 26.0 Å². The van der Waals surface area contributed by atoms with E-state index in [-0.39, 0.29) is 17.7 Å². The number of aryl methyl sites for hydroxylation is 1. The number of hydrogen-bond acceptors (Lipinski definition) is 4. The molecule has 1 atom stereocenters. The van der Waals surface area contributed by atoms with E-state index in [4.69, 9.17) is 4.74 Å². The molecule has 1 aliphatic rings. The Morgan fingerprint density at radius 1 is 1.08 bits per heavy atom. The Bertz CT molecular complexity index is 783. The van der Waals surface area contributed by atoms with Crippen LogP contribution >= 0.6 is 0 Å². The summed E-state index contributed by atoms with van der Waals surface area (Å²) in [4.78, 5) is 27.7. The SMILES string of the molecule is Cc1ccc(NC(=O)[C@@H](C)N2CCOCC2)c(C(=O)c2ccccc2)c1. The van der Waals surface area contributed by atoms with Crippen LogP contribution in [0, 0.1) is 6.92 Å². The molecule has 0 aliphatic carbocycles. The van der Waals surface area contributed by atoms with Gasteiger partial charge in [-0.3, -0.25) is 14.5 Å². The van der Waals surface area contributed by atoms with E-state index in [1.165, 1.54) is 0 Å². The summed E-state index contributed by atoms with van der Waals surface area (Å²) >= 11 is 0. The Kier molecular flexibility index (Phi) is 5.81. The van der Waals surface area contributed by atoms with E-state index in [0.717, 1.165) is 18.7 Å². The van der Waals surface area contributed by atoms with Crippen molar-refractivity contribution in [3.05, 3.63) is 65.2 Å². The van der Waals surface area contributed by atoms with Crippen molar-refractivity contribution < 1.29 is 14.3 Å². The standard InChI is InChI=1S/C21H24N2O3/c1-15-8-9-19(18(14-15)20(24)17-6-4-3-5-7-17)22-21(25)16(2)23-10-12-26-13-11-23/h3-9,14,16H,10-13H2,1-2H3,(H,22,25)/t16-/m1/s1. The molecular weight excluding hydrogens is 328 g/mol. The molecule has 5 nitrogen and oxygen atoms in total. The number of nitrogens with zero attached hydrogens (tertiary/aromatic N) is 1. The van der Waals surface area contributed by atoms with Gasteiger partial charge in [0.25, 0.3) is 0 Å². The summed E-state index contributed by atoms with van der Waals surface area (Å²) in [5.41, 5.74) is 2.65. The molecule has 0 radical (unpaired) electrons. The van der Waals surface area contributed by atoms with Crippen LogP contribution in [0.3, 0.4) is 0 Å². The Morgan fingerprint density at radius 2 is 1.77 bits per heavy atom. The van der Waals surface area contributed by atoms with Crippen molar-refractivity contribution in [3.63, 3.8) is 0 Å². The zero-order valence-electron chi connectivity index (χ0n) is 15.2. The molecule has 1 N–H and O–H groups in total. The Morgan fingerprint density at radius 3 is 2.46 bits per heavy atom. The average molecular weight is 352 g/mol. The van der Waals surface area contributed by atoms with Gasteiger partial charge in [0.05, 0.1) is 24.9 Å². The van der Waals surface area contributed by atoms with Gasteiger partial charge in [0.2, 0.25) is 5.91 Å². The minimum absolute atomic E-state index is 0.0939. The van der Waals surface area contributed by atoms with Crippen molar-refractivity contribution in [2.45, 2.75) is 19.9 Å². The van der Waals surface area contributed by atoms with E-state index in [2.05, 4.69) is 10.2 Å². The zero-order chi connectivity index (χ0) is 18.5. The maximum absolute atomic E-state index is 12.9. The second-order valence-corrected chi connectivity index (χ2v) is 6.56. The lowest BCUT2D eigenvalue weighted by Crippen LogP contribution is -2.47. The van der Waals surface area contributed by atoms with Crippen molar-refractivity contribution in [2.24, 2.45) is 0 Å². The smallest absolute Gasteiger partial charge is 0.241 e. The number of amides is 1. The number of ether oxygens (including phenoxy) is 1. The van der Waals surface area contributed by atoms with Gasteiger partial charge in [-0.2, -0.15) is 0 Å². The van der Waals surface area contributed by atoms with E-state index in [1.54, 1.807) is 18.2 Å². The van der Waals surface area contributed by atoms with Crippen molar-refractivity contribution in [3.8, 4) is 0 Å². The molecule has 2 aromatic rings. The highest BCUT2D eigenvalue weighted by Crippen LogP contribution is 2.22. The highest BCUT2D eigenvalue weighted by Gasteiger charge is 2.24. The molecule has 2 aromatic carbocycles. The first-order chi connectivity index (χ1) is 12.6. The third-order valence-corrected chi connectivity index (χ3v) is 4.69. The van der Waals surface area contributed by atoms with Crippen LogP contribution in [0.1, 0.15) is 28.4 Å². The molecule has 0 aromatic heterocycles. The number of rotatable bonds is 5. The van der Waals surface area contributed by atoms with E-state index < -0.39 is 0 Å². The molecule has 1 saturated heterocycles. The molecule has 1 amide bonds. The van der Waals surface area contributed by atoms with Crippen LogP contribution in [-0.2, 0) is 9.53 Å². The highest BCUT2D eigenvalue weighted by molar-refractivity contribution is 6.14. The fourth-order valence-electron chi connectivity index (χ4n) is 3.07. The summed E-state index contributed by atoms with van der Waals surface area (Å²) in [5, 5.41) is 2.94. The minimum atomic E-state index is -0.278. The lowest BCUT2D eigenvalue weighted by atomic mass is 9.99. The summed E-state index contributed by atoms with van der Waals surface area (Å²) in [5.74, 6) is -0.207. The normalized spacial score (nSPS) is 16.1. The fourth-order valence-corrected chi connectivity index (χ4v) is 3.07. The molecular formula is C21H24N2O3. The molecule has 136 valence electrons. The Labute approximate surface area is 154 Å². The first-order valence-corrected chi connectivity index (χ1v) is 8.89. The van der Waals surface area contributed by atoms with Crippen LogP contribution in [0.2, 0.25) is 0 Å². The summed E-state index contributed by atoms with van der Waals surface area (Å²) in [6, 6.07) is 14.4. The number of nitrogens with one attached hydrogen (secondary N) is 1. The van der Waals surface area contributed by atoms with E-state index in [1.807, 2.05) is 44.2 Å². The molecule has 26 heavy (non-hydrogen) atoms. The predicted octanol–water partition coefficient (Wildman–Crippen LogP) is 2.89. The minimum Gasteiger partial charge on any atom is -0.379 e. The number of benzene rings is 2. The van der Waals surface area contributed by atoms with Crippen LogP contribution in [-0.4, -0.2) is 48.9 Å². The van der Waals surface area contributed by atoms with Crippen LogP contribution in [0.15, 0.2) is 48.5 Å².